The van der Waals surface area contributed by atoms with Gasteiger partial charge in [-0.15, -0.1) is 10.2 Å². The maximum absolute atomic E-state index is 12.6. The molecule has 1 saturated heterocycles. The molecule has 1 aliphatic heterocycles. The fourth-order valence-corrected chi connectivity index (χ4v) is 3.16. The quantitative estimate of drug-likeness (QED) is 0.871. The summed E-state index contributed by atoms with van der Waals surface area (Å²) in [6.45, 7) is 3.65. The molecule has 0 saturated carbocycles. The van der Waals surface area contributed by atoms with E-state index in [-0.39, 0.29) is 5.91 Å². The second-order valence-electron chi connectivity index (χ2n) is 6.08. The highest BCUT2D eigenvalue weighted by molar-refractivity contribution is 5.79. The smallest absolute Gasteiger partial charge is 0.227 e. The van der Waals surface area contributed by atoms with Gasteiger partial charge in [-0.1, -0.05) is 24.3 Å². The Balaban J connectivity index is 1.68. The van der Waals surface area contributed by atoms with Crippen molar-refractivity contribution < 1.29 is 4.79 Å². The lowest BCUT2D eigenvalue weighted by Gasteiger charge is -2.32. The summed E-state index contributed by atoms with van der Waals surface area (Å²) in [7, 11) is 1.96. The van der Waals surface area contributed by atoms with Crippen LogP contribution in [-0.2, 0) is 18.3 Å². The second-order valence-corrected chi connectivity index (χ2v) is 6.08. The molecule has 5 heteroatoms. The molecule has 2 heterocycles. The van der Waals surface area contributed by atoms with Crippen molar-refractivity contribution in [3.05, 3.63) is 47.5 Å². The van der Waals surface area contributed by atoms with Crippen LogP contribution < -0.4 is 0 Å². The molecule has 1 amide bonds. The average molecular weight is 298 g/mol. The lowest BCUT2D eigenvalue weighted by Crippen LogP contribution is -2.40. The van der Waals surface area contributed by atoms with Crippen molar-refractivity contribution in [3.63, 3.8) is 0 Å². The molecular weight excluding hydrogens is 276 g/mol. The van der Waals surface area contributed by atoms with E-state index in [1.807, 2.05) is 34.7 Å². The van der Waals surface area contributed by atoms with Crippen molar-refractivity contribution in [2.24, 2.45) is 7.05 Å². The standard InChI is InChI=1S/C17H22N4O/c1-13-6-3-4-7-14(13)10-16(22)21-9-5-8-15(11-21)17-19-18-12-20(17)2/h3-4,6-7,12,15H,5,8-11H2,1-2H3. The number of rotatable bonds is 3. The highest BCUT2D eigenvalue weighted by Crippen LogP contribution is 2.25. The van der Waals surface area contributed by atoms with E-state index in [0.29, 0.717) is 12.3 Å². The molecule has 116 valence electrons. The molecule has 5 nitrogen and oxygen atoms in total. The fourth-order valence-electron chi connectivity index (χ4n) is 3.16. The van der Waals surface area contributed by atoms with E-state index in [1.54, 1.807) is 6.33 Å². The number of piperidine rings is 1. The van der Waals surface area contributed by atoms with E-state index in [9.17, 15) is 4.79 Å². The lowest BCUT2D eigenvalue weighted by molar-refractivity contribution is -0.131. The van der Waals surface area contributed by atoms with E-state index in [1.165, 1.54) is 5.56 Å². The Hall–Kier alpha value is -2.17. The maximum Gasteiger partial charge on any atom is 0.227 e. The van der Waals surface area contributed by atoms with E-state index < -0.39 is 0 Å². The van der Waals surface area contributed by atoms with Crippen molar-refractivity contribution in [2.45, 2.75) is 32.1 Å². The third-order valence-electron chi connectivity index (χ3n) is 4.49. The largest absolute Gasteiger partial charge is 0.342 e. The van der Waals surface area contributed by atoms with Crippen LogP contribution in [-0.4, -0.2) is 38.7 Å². The number of likely N-dealkylation sites (tertiary alicyclic amines) is 1. The van der Waals surface area contributed by atoms with Gasteiger partial charge in [-0.3, -0.25) is 4.79 Å². The molecule has 0 spiro atoms. The Kier molecular flexibility index (Phi) is 4.22. The summed E-state index contributed by atoms with van der Waals surface area (Å²) >= 11 is 0. The number of amides is 1. The minimum atomic E-state index is 0.209. The number of benzene rings is 1. The third-order valence-corrected chi connectivity index (χ3v) is 4.49. The molecule has 0 aliphatic carbocycles. The number of aryl methyl sites for hydroxylation is 2. The average Bonchev–Trinajstić information content (AvgIpc) is 2.96. The van der Waals surface area contributed by atoms with E-state index in [0.717, 1.165) is 37.3 Å². The molecule has 1 aromatic heterocycles. The summed E-state index contributed by atoms with van der Waals surface area (Å²) in [5.41, 5.74) is 2.30. The first-order valence-corrected chi connectivity index (χ1v) is 7.81. The number of aromatic nitrogens is 3. The van der Waals surface area contributed by atoms with E-state index >= 15 is 0 Å². The molecule has 2 aromatic rings. The Bertz CT molecular complexity index is 664. The monoisotopic (exact) mass is 298 g/mol. The Morgan fingerprint density at radius 3 is 2.91 bits per heavy atom. The summed E-state index contributed by atoms with van der Waals surface area (Å²) < 4.78 is 1.96. The Morgan fingerprint density at radius 2 is 2.18 bits per heavy atom. The van der Waals surface area contributed by atoms with Gasteiger partial charge in [0.15, 0.2) is 0 Å². The van der Waals surface area contributed by atoms with Gasteiger partial charge < -0.3 is 9.47 Å². The fraction of sp³-hybridized carbons (Fsp3) is 0.471. The van der Waals surface area contributed by atoms with Crippen LogP contribution in [0.3, 0.4) is 0 Å². The number of carbonyl (C=O) groups is 1. The zero-order valence-corrected chi connectivity index (χ0v) is 13.2. The molecule has 1 fully saturated rings. The van der Waals surface area contributed by atoms with Gasteiger partial charge in [-0.05, 0) is 30.9 Å². The Morgan fingerprint density at radius 1 is 1.36 bits per heavy atom. The summed E-state index contributed by atoms with van der Waals surface area (Å²) in [6.07, 6.45) is 4.30. The van der Waals surface area contributed by atoms with Crippen LogP contribution in [0.2, 0.25) is 0 Å². The minimum absolute atomic E-state index is 0.209. The van der Waals surface area contributed by atoms with Gasteiger partial charge in [-0.2, -0.15) is 0 Å². The predicted molar refractivity (Wildman–Crippen MR) is 84.4 cm³/mol. The van der Waals surface area contributed by atoms with Crippen molar-refractivity contribution in [3.8, 4) is 0 Å². The number of carbonyl (C=O) groups excluding carboxylic acids is 1. The van der Waals surface area contributed by atoms with Gasteiger partial charge in [0.2, 0.25) is 5.91 Å². The molecule has 1 atom stereocenters. The van der Waals surface area contributed by atoms with Crippen LogP contribution in [0.1, 0.15) is 35.7 Å². The molecule has 22 heavy (non-hydrogen) atoms. The third kappa shape index (κ3) is 3.03. The molecule has 1 unspecified atom stereocenters. The van der Waals surface area contributed by atoms with Gasteiger partial charge in [0, 0.05) is 26.1 Å². The summed E-state index contributed by atoms with van der Waals surface area (Å²) in [5.74, 6) is 1.48. The van der Waals surface area contributed by atoms with Crippen LogP contribution in [0.15, 0.2) is 30.6 Å². The molecule has 0 bridgehead atoms. The van der Waals surface area contributed by atoms with Gasteiger partial charge in [-0.25, -0.2) is 0 Å². The van der Waals surface area contributed by atoms with Crippen LogP contribution in [0.25, 0.3) is 0 Å². The highest BCUT2D eigenvalue weighted by atomic mass is 16.2. The van der Waals surface area contributed by atoms with Crippen LogP contribution in [0.5, 0.6) is 0 Å². The maximum atomic E-state index is 12.6. The van der Waals surface area contributed by atoms with Crippen LogP contribution in [0, 0.1) is 6.92 Å². The number of hydrogen-bond acceptors (Lipinski definition) is 3. The molecular formula is C17H22N4O. The zero-order valence-electron chi connectivity index (χ0n) is 13.2. The van der Waals surface area contributed by atoms with Gasteiger partial charge in [0.25, 0.3) is 0 Å². The highest BCUT2D eigenvalue weighted by Gasteiger charge is 2.27. The molecule has 0 N–H and O–H groups in total. The van der Waals surface area contributed by atoms with Gasteiger partial charge >= 0.3 is 0 Å². The Labute approximate surface area is 131 Å². The van der Waals surface area contributed by atoms with E-state index in [4.69, 9.17) is 0 Å². The molecule has 0 radical (unpaired) electrons. The summed E-state index contributed by atoms with van der Waals surface area (Å²) in [6, 6.07) is 8.10. The second kappa shape index (κ2) is 6.30. The molecule has 1 aliphatic rings. The number of nitrogens with zero attached hydrogens (tertiary/aromatic N) is 4. The number of hydrogen-bond donors (Lipinski definition) is 0. The first-order valence-electron chi connectivity index (χ1n) is 7.81. The van der Waals surface area contributed by atoms with Gasteiger partial charge in [0.05, 0.1) is 6.42 Å². The topological polar surface area (TPSA) is 51.0 Å². The zero-order chi connectivity index (χ0) is 15.5. The van der Waals surface area contributed by atoms with Crippen molar-refractivity contribution in [1.29, 1.82) is 0 Å². The van der Waals surface area contributed by atoms with Crippen molar-refractivity contribution >= 4 is 5.91 Å². The first-order chi connectivity index (χ1) is 10.6. The SMILES string of the molecule is Cc1ccccc1CC(=O)N1CCCC(c2nncn2C)C1. The lowest BCUT2D eigenvalue weighted by atomic mass is 9.96. The predicted octanol–water partition coefficient (Wildman–Crippen LogP) is 2.07. The molecule has 3 rings (SSSR count). The normalized spacial score (nSPS) is 18.5. The van der Waals surface area contributed by atoms with E-state index in [2.05, 4.69) is 23.2 Å². The first kappa shape index (κ1) is 14.8. The summed E-state index contributed by atoms with van der Waals surface area (Å²) in [4.78, 5) is 14.6. The van der Waals surface area contributed by atoms with Crippen LogP contribution >= 0.6 is 0 Å². The van der Waals surface area contributed by atoms with Crippen molar-refractivity contribution in [1.82, 2.24) is 19.7 Å². The summed E-state index contributed by atoms with van der Waals surface area (Å²) in [5, 5.41) is 8.16. The van der Waals surface area contributed by atoms with Crippen molar-refractivity contribution in [2.75, 3.05) is 13.1 Å². The minimum Gasteiger partial charge on any atom is -0.342 e. The molecule has 1 aromatic carbocycles. The van der Waals surface area contributed by atoms with Gasteiger partial charge in [0.1, 0.15) is 12.2 Å². The van der Waals surface area contributed by atoms with Crippen LogP contribution in [0.4, 0.5) is 0 Å².